The van der Waals surface area contributed by atoms with Gasteiger partial charge in [0.05, 0.1) is 5.69 Å². The van der Waals surface area contributed by atoms with Gasteiger partial charge in [0.25, 0.3) is 0 Å². The normalized spacial score (nSPS) is 24.2. The topological polar surface area (TPSA) is 79.2 Å². The summed E-state index contributed by atoms with van der Waals surface area (Å²) in [6.45, 7) is 8.75. The highest BCUT2D eigenvalue weighted by Gasteiger charge is 2.32. The number of nitrogens with zero attached hydrogens (tertiary/aromatic N) is 6. The second-order valence-corrected chi connectivity index (χ2v) is 11.5. The van der Waals surface area contributed by atoms with Gasteiger partial charge in [-0.3, -0.25) is 4.79 Å². The van der Waals surface area contributed by atoms with Gasteiger partial charge < -0.3 is 19.7 Å². The van der Waals surface area contributed by atoms with E-state index < -0.39 is 0 Å². The van der Waals surface area contributed by atoms with Crippen molar-refractivity contribution in [1.29, 1.82) is 0 Å². The summed E-state index contributed by atoms with van der Waals surface area (Å²) in [4.78, 5) is 31.4. The molecule has 0 unspecified atom stereocenters. The van der Waals surface area contributed by atoms with Gasteiger partial charge in [-0.25, -0.2) is 15.0 Å². The van der Waals surface area contributed by atoms with Crippen molar-refractivity contribution < 1.29 is 4.79 Å². The average molecular weight is 492 g/mol. The van der Waals surface area contributed by atoms with E-state index in [1.807, 2.05) is 0 Å². The second kappa shape index (κ2) is 10.5. The Balaban J connectivity index is 1.19. The summed E-state index contributed by atoms with van der Waals surface area (Å²) in [5.41, 5.74) is 2.45. The summed E-state index contributed by atoms with van der Waals surface area (Å²) in [5.74, 6) is 4.35. The lowest BCUT2D eigenvalue weighted by Gasteiger charge is -2.35. The Labute approximate surface area is 214 Å². The van der Waals surface area contributed by atoms with Crippen LogP contribution in [0.1, 0.15) is 106 Å². The number of imidazole rings is 1. The highest BCUT2D eigenvalue weighted by atomic mass is 16.1. The molecule has 8 heteroatoms. The maximum Gasteiger partial charge on any atom is 0.226 e. The number of likely N-dealkylation sites (tertiary alicyclic amines) is 1. The van der Waals surface area contributed by atoms with Crippen molar-refractivity contribution in [3.8, 4) is 0 Å². The third kappa shape index (κ3) is 4.89. The van der Waals surface area contributed by atoms with Crippen LogP contribution in [0.4, 0.5) is 11.6 Å². The van der Waals surface area contributed by atoms with Gasteiger partial charge in [-0.05, 0) is 57.5 Å². The number of hydrogen-bond acceptors (Lipinski definition) is 6. The molecule has 0 bridgehead atoms. The minimum atomic E-state index is 0.0490. The van der Waals surface area contributed by atoms with Crippen molar-refractivity contribution >= 4 is 17.5 Å². The van der Waals surface area contributed by atoms with Crippen molar-refractivity contribution in [2.24, 2.45) is 0 Å². The van der Waals surface area contributed by atoms with Crippen LogP contribution in [0.3, 0.4) is 0 Å². The predicted octanol–water partition coefficient (Wildman–Crippen LogP) is 4.65. The van der Waals surface area contributed by atoms with Crippen LogP contribution in [0.25, 0.3) is 0 Å². The fourth-order valence-electron chi connectivity index (χ4n) is 6.91. The summed E-state index contributed by atoms with van der Waals surface area (Å²) in [6, 6.07) is 0. The van der Waals surface area contributed by atoms with Crippen LogP contribution >= 0.6 is 0 Å². The van der Waals surface area contributed by atoms with Crippen LogP contribution in [0.2, 0.25) is 0 Å². The minimum absolute atomic E-state index is 0.0490. The lowest BCUT2D eigenvalue weighted by molar-refractivity contribution is -0.116. The van der Waals surface area contributed by atoms with Crippen LogP contribution in [0.15, 0.2) is 12.5 Å². The smallest absolute Gasteiger partial charge is 0.226 e. The van der Waals surface area contributed by atoms with E-state index >= 15 is 0 Å². The van der Waals surface area contributed by atoms with Crippen LogP contribution in [0, 0.1) is 0 Å². The molecule has 8 nitrogen and oxygen atoms in total. The summed E-state index contributed by atoms with van der Waals surface area (Å²) in [5, 5.41) is 2.95. The third-order valence-electron chi connectivity index (χ3n) is 8.97. The van der Waals surface area contributed by atoms with Gasteiger partial charge in [0.2, 0.25) is 5.91 Å². The molecule has 1 saturated carbocycles. The molecule has 5 heterocycles. The van der Waals surface area contributed by atoms with E-state index in [0.717, 1.165) is 50.4 Å². The van der Waals surface area contributed by atoms with Crippen molar-refractivity contribution in [3.63, 3.8) is 0 Å². The first-order valence-electron chi connectivity index (χ1n) is 14.3. The molecule has 0 radical (unpaired) electrons. The first kappa shape index (κ1) is 23.9. The largest absolute Gasteiger partial charge is 0.356 e. The van der Waals surface area contributed by atoms with Gasteiger partial charge in [-0.2, -0.15) is 0 Å². The molecule has 2 saturated heterocycles. The average Bonchev–Trinajstić information content (AvgIpc) is 3.58. The van der Waals surface area contributed by atoms with Crippen LogP contribution in [-0.2, 0) is 11.3 Å². The van der Waals surface area contributed by atoms with E-state index in [4.69, 9.17) is 4.98 Å². The fraction of sp³-hybridized carbons (Fsp3) is 0.714. The highest BCUT2D eigenvalue weighted by Crippen LogP contribution is 2.39. The molecule has 6 rings (SSSR count). The number of aromatic nitrogens is 4. The van der Waals surface area contributed by atoms with E-state index in [1.165, 1.54) is 69.6 Å². The molecule has 2 aromatic heterocycles. The van der Waals surface area contributed by atoms with Gasteiger partial charge in [0.1, 0.15) is 23.8 Å². The van der Waals surface area contributed by atoms with E-state index in [-0.39, 0.29) is 11.8 Å². The molecule has 194 valence electrons. The molecule has 0 aromatic carbocycles. The molecule has 3 fully saturated rings. The fourth-order valence-corrected chi connectivity index (χ4v) is 6.91. The van der Waals surface area contributed by atoms with Gasteiger partial charge in [0, 0.05) is 56.2 Å². The molecule has 2 aromatic rings. The number of nitrogens with one attached hydrogen (secondary N) is 1. The molecule has 4 aliphatic rings. The van der Waals surface area contributed by atoms with Crippen LogP contribution in [0.5, 0.6) is 0 Å². The maximum atomic E-state index is 12.0. The Bertz CT molecular complexity index is 1060. The zero-order valence-corrected chi connectivity index (χ0v) is 21.8. The lowest BCUT2D eigenvalue weighted by Crippen LogP contribution is -2.36. The number of fused-ring (bicyclic) bond motifs is 1. The van der Waals surface area contributed by atoms with Gasteiger partial charge >= 0.3 is 0 Å². The molecule has 1 atom stereocenters. The Morgan fingerprint density at radius 1 is 0.917 bits per heavy atom. The van der Waals surface area contributed by atoms with Crippen LogP contribution < -0.4 is 10.2 Å². The number of carbonyl (C=O) groups is 1. The first-order valence-corrected chi connectivity index (χ1v) is 14.3. The molecular formula is C28H41N7O. The quantitative estimate of drug-likeness (QED) is 0.634. The zero-order valence-electron chi connectivity index (χ0n) is 21.8. The second-order valence-electron chi connectivity index (χ2n) is 11.5. The maximum absolute atomic E-state index is 12.0. The van der Waals surface area contributed by atoms with E-state index in [0.29, 0.717) is 24.1 Å². The summed E-state index contributed by atoms with van der Waals surface area (Å²) >= 11 is 0. The molecule has 1 N–H and O–H groups in total. The van der Waals surface area contributed by atoms with E-state index in [9.17, 15) is 4.79 Å². The third-order valence-corrected chi connectivity index (χ3v) is 8.97. The Hall–Kier alpha value is -2.48. The molecule has 1 aliphatic carbocycles. The number of piperidine rings is 1. The molecular weight excluding hydrogens is 450 g/mol. The summed E-state index contributed by atoms with van der Waals surface area (Å²) < 4.78 is 2.52. The number of rotatable bonds is 6. The summed E-state index contributed by atoms with van der Waals surface area (Å²) in [7, 11) is 0. The van der Waals surface area contributed by atoms with Crippen molar-refractivity contribution in [2.75, 3.05) is 42.9 Å². The predicted molar refractivity (Wildman–Crippen MR) is 142 cm³/mol. The monoisotopic (exact) mass is 491 g/mol. The number of amides is 1. The lowest BCUT2D eigenvalue weighted by atomic mass is 9.87. The molecule has 3 aliphatic heterocycles. The molecule has 1 amide bonds. The zero-order chi connectivity index (χ0) is 24.5. The number of anilines is 2. The van der Waals surface area contributed by atoms with Crippen molar-refractivity contribution in [2.45, 2.75) is 95.4 Å². The Morgan fingerprint density at radius 2 is 1.69 bits per heavy atom. The van der Waals surface area contributed by atoms with Gasteiger partial charge in [0.15, 0.2) is 0 Å². The Kier molecular flexibility index (Phi) is 6.96. The van der Waals surface area contributed by atoms with E-state index in [1.54, 1.807) is 6.33 Å². The number of carbonyl (C=O) groups excluding carboxylic acids is 1. The number of hydrogen-bond donors (Lipinski definition) is 1. The van der Waals surface area contributed by atoms with Crippen molar-refractivity contribution in [3.05, 3.63) is 29.6 Å². The SMILES string of the molecule is C[C@@H]1CC(=O)Nc2ncnc(N3CCC(c4nc(C5CCCCC5)cn4CCN4CCCC4)CC3)c21. The van der Waals surface area contributed by atoms with Gasteiger partial charge in [-0.1, -0.05) is 26.2 Å². The van der Waals surface area contributed by atoms with Crippen LogP contribution in [-0.4, -0.2) is 63.0 Å². The Morgan fingerprint density at radius 3 is 2.47 bits per heavy atom. The first-order chi connectivity index (χ1) is 17.7. The summed E-state index contributed by atoms with van der Waals surface area (Å²) in [6.07, 6.45) is 16.1. The van der Waals surface area contributed by atoms with E-state index in [2.05, 4.69) is 42.8 Å². The highest BCUT2D eigenvalue weighted by molar-refractivity contribution is 5.94. The molecule has 36 heavy (non-hydrogen) atoms. The molecule has 0 spiro atoms. The minimum Gasteiger partial charge on any atom is -0.356 e. The van der Waals surface area contributed by atoms with Crippen molar-refractivity contribution in [1.82, 2.24) is 24.4 Å². The van der Waals surface area contributed by atoms with Gasteiger partial charge in [-0.15, -0.1) is 0 Å². The standard InChI is InChI=1S/C28H41N7O/c1-20-17-24(36)32-26-25(20)28(30-19-29-26)34-13-9-22(10-14-34)27-31-23(21-7-3-2-4-8-21)18-35(27)16-15-33-11-5-6-12-33/h18-22H,2-17H2,1H3,(H,29,30,32,36)/t20-/m1/s1.